The van der Waals surface area contributed by atoms with Crippen LogP contribution in [0.1, 0.15) is 12.8 Å². The number of hydrogen-bond donors (Lipinski definition) is 1. The molecular formula is C8H16N2O. The van der Waals surface area contributed by atoms with Crippen LogP contribution in [0.4, 0.5) is 0 Å². The van der Waals surface area contributed by atoms with Crippen LogP contribution in [0.25, 0.3) is 0 Å². The molecule has 1 fully saturated rings. The highest BCUT2D eigenvalue weighted by Crippen LogP contribution is 2.14. The summed E-state index contributed by atoms with van der Waals surface area (Å²) in [4.78, 5) is 12.2. The van der Waals surface area contributed by atoms with E-state index in [2.05, 4.69) is 5.32 Å². The van der Waals surface area contributed by atoms with Crippen LogP contribution in [-0.4, -0.2) is 38.0 Å². The SMILES string of the molecule is CNCC1CCN(C=O)CC1. The van der Waals surface area contributed by atoms with Crippen LogP contribution >= 0.6 is 0 Å². The molecule has 1 aliphatic rings. The lowest BCUT2D eigenvalue weighted by Crippen LogP contribution is -2.35. The first-order chi connectivity index (χ1) is 5.36. The minimum absolute atomic E-state index is 0.774. The Kier molecular flexibility index (Phi) is 3.36. The summed E-state index contributed by atoms with van der Waals surface area (Å²) in [5.41, 5.74) is 0. The molecule has 0 aliphatic carbocycles. The Balaban J connectivity index is 2.18. The van der Waals surface area contributed by atoms with E-state index in [4.69, 9.17) is 0 Å². The number of likely N-dealkylation sites (tertiary alicyclic amines) is 1. The van der Waals surface area contributed by atoms with Crippen molar-refractivity contribution < 1.29 is 4.79 Å². The number of piperidine rings is 1. The van der Waals surface area contributed by atoms with Crippen LogP contribution in [0.15, 0.2) is 0 Å². The minimum atomic E-state index is 0.774. The molecule has 0 atom stereocenters. The number of carbonyl (C=O) groups is 1. The second-order valence-corrected chi connectivity index (χ2v) is 3.14. The zero-order chi connectivity index (χ0) is 8.10. The molecule has 0 saturated carbocycles. The van der Waals surface area contributed by atoms with Crippen molar-refractivity contribution in [3.8, 4) is 0 Å². The quantitative estimate of drug-likeness (QED) is 0.587. The first kappa shape index (κ1) is 8.53. The molecule has 0 aromatic carbocycles. The van der Waals surface area contributed by atoms with Gasteiger partial charge in [-0.15, -0.1) is 0 Å². The third-order valence-corrected chi connectivity index (χ3v) is 2.29. The summed E-state index contributed by atoms with van der Waals surface area (Å²) in [6.45, 7) is 2.97. The molecule has 1 saturated heterocycles. The average Bonchev–Trinajstić information content (AvgIpc) is 2.07. The van der Waals surface area contributed by atoms with Gasteiger partial charge in [0.2, 0.25) is 6.41 Å². The fourth-order valence-corrected chi connectivity index (χ4v) is 1.55. The Morgan fingerprint density at radius 1 is 1.55 bits per heavy atom. The normalized spacial score (nSPS) is 20.3. The Hall–Kier alpha value is -0.570. The van der Waals surface area contributed by atoms with Gasteiger partial charge in [-0.2, -0.15) is 0 Å². The number of nitrogens with zero attached hydrogens (tertiary/aromatic N) is 1. The molecule has 0 aromatic heterocycles. The number of amides is 1. The summed E-state index contributed by atoms with van der Waals surface area (Å²) in [6, 6.07) is 0. The molecule has 3 nitrogen and oxygen atoms in total. The Morgan fingerprint density at radius 2 is 2.18 bits per heavy atom. The molecule has 0 aromatic rings. The van der Waals surface area contributed by atoms with E-state index in [1.54, 1.807) is 0 Å². The summed E-state index contributed by atoms with van der Waals surface area (Å²) in [5, 5.41) is 3.16. The van der Waals surface area contributed by atoms with Crippen molar-refractivity contribution in [3.63, 3.8) is 0 Å². The molecule has 11 heavy (non-hydrogen) atoms. The number of hydrogen-bond acceptors (Lipinski definition) is 2. The predicted molar refractivity (Wildman–Crippen MR) is 44.3 cm³/mol. The van der Waals surface area contributed by atoms with Gasteiger partial charge in [0.25, 0.3) is 0 Å². The summed E-state index contributed by atoms with van der Waals surface area (Å²) >= 11 is 0. The van der Waals surface area contributed by atoms with Crippen molar-refractivity contribution >= 4 is 6.41 Å². The van der Waals surface area contributed by atoms with Crippen molar-refractivity contribution in [2.45, 2.75) is 12.8 Å². The van der Waals surface area contributed by atoms with Crippen molar-refractivity contribution in [1.29, 1.82) is 0 Å². The monoisotopic (exact) mass is 156 g/mol. The summed E-state index contributed by atoms with van der Waals surface area (Å²) in [6.07, 6.45) is 3.26. The van der Waals surface area contributed by atoms with Crippen molar-refractivity contribution in [2.75, 3.05) is 26.7 Å². The lowest BCUT2D eigenvalue weighted by molar-refractivity contribution is -0.119. The summed E-state index contributed by atoms with van der Waals surface area (Å²) < 4.78 is 0. The first-order valence-electron chi connectivity index (χ1n) is 4.20. The lowest BCUT2D eigenvalue weighted by atomic mass is 9.97. The second kappa shape index (κ2) is 4.34. The Morgan fingerprint density at radius 3 is 2.64 bits per heavy atom. The number of nitrogens with one attached hydrogen (secondary N) is 1. The number of carbonyl (C=O) groups excluding carboxylic acids is 1. The lowest BCUT2D eigenvalue weighted by Gasteiger charge is -2.28. The minimum Gasteiger partial charge on any atom is -0.345 e. The third kappa shape index (κ3) is 2.50. The molecule has 1 N–H and O–H groups in total. The van der Waals surface area contributed by atoms with Gasteiger partial charge >= 0.3 is 0 Å². The van der Waals surface area contributed by atoms with Gasteiger partial charge in [-0.25, -0.2) is 0 Å². The van der Waals surface area contributed by atoms with Crippen molar-refractivity contribution in [2.24, 2.45) is 5.92 Å². The molecule has 64 valence electrons. The maximum atomic E-state index is 10.3. The Labute approximate surface area is 67.8 Å². The van der Waals surface area contributed by atoms with E-state index in [-0.39, 0.29) is 0 Å². The fraction of sp³-hybridized carbons (Fsp3) is 0.875. The van der Waals surface area contributed by atoms with E-state index < -0.39 is 0 Å². The zero-order valence-corrected chi connectivity index (χ0v) is 7.05. The van der Waals surface area contributed by atoms with Crippen molar-refractivity contribution in [3.05, 3.63) is 0 Å². The van der Waals surface area contributed by atoms with E-state index in [1.165, 1.54) is 0 Å². The van der Waals surface area contributed by atoms with E-state index in [1.807, 2.05) is 11.9 Å². The molecule has 1 rings (SSSR count). The maximum Gasteiger partial charge on any atom is 0.209 e. The van der Waals surface area contributed by atoms with Crippen LogP contribution < -0.4 is 5.32 Å². The van der Waals surface area contributed by atoms with Gasteiger partial charge < -0.3 is 10.2 Å². The molecule has 0 unspecified atom stereocenters. The van der Waals surface area contributed by atoms with Gasteiger partial charge in [0, 0.05) is 13.1 Å². The van der Waals surface area contributed by atoms with E-state index >= 15 is 0 Å². The number of rotatable bonds is 3. The molecule has 0 spiro atoms. The molecule has 3 heteroatoms. The van der Waals surface area contributed by atoms with Crippen LogP contribution in [0.2, 0.25) is 0 Å². The highest BCUT2D eigenvalue weighted by Gasteiger charge is 2.16. The summed E-state index contributed by atoms with van der Waals surface area (Å²) in [5.74, 6) is 0.774. The second-order valence-electron chi connectivity index (χ2n) is 3.14. The van der Waals surface area contributed by atoms with E-state index in [0.29, 0.717) is 0 Å². The van der Waals surface area contributed by atoms with Crippen LogP contribution in [0.5, 0.6) is 0 Å². The molecule has 0 radical (unpaired) electrons. The highest BCUT2D eigenvalue weighted by molar-refractivity contribution is 5.47. The van der Waals surface area contributed by atoms with Gasteiger partial charge in [-0.1, -0.05) is 0 Å². The smallest absolute Gasteiger partial charge is 0.209 e. The fourth-order valence-electron chi connectivity index (χ4n) is 1.55. The first-order valence-corrected chi connectivity index (χ1v) is 4.20. The van der Waals surface area contributed by atoms with Gasteiger partial charge in [0.05, 0.1) is 0 Å². The molecule has 1 heterocycles. The van der Waals surface area contributed by atoms with Gasteiger partial charge in [0.15, 0.2) is 0 Å². The topological polar surface area (TPSA) is 32.3 Å². The predicted octanol–water partition coefficient (Wildman–Crippen LogP) is 0.0742. The molecule has 0 bridgehead atoms. The van der Waals surface area contributed by atoms with Gasteiger partial charge in [-0.05, 0) is 32.4 Å². The largest absolute Gasteiger partial charge is 0.345 e. The summed E-state index contributed by atoms with van der Waals surface area (Å²) in [7, 11) is 1.98. The maximum absolute atomic E-state index is 10.3. The molecule has 1 amide bonds. The Bertz CT molecular complexity index is 119. The molecular weight excluding hydrogens is 140 g/mol. The van der Waals surface area contributed by atoms with Crippen LogP contribution in [-0.2, 0) is 4.79 Å². The van der Waals surface area contributed by atoms with Crippen molar-refractivity contribution in [1.82, 2.24) is 10.2 Å². The van der Waals surface area contributed by atoms with Crippen LogP contribution in [0, 0.1) is 5.92 Å². The van der Waals surface area contributed by atoms with Crippen LogP contribution in [0.3, 0.4) is 0 Å². The van der Waals surface area contributed by atoms with E-state index in [9.17, 15) is 4.79 Å². The molecule has 1 aliphatic heterocycles. The highest BCUT2D eigenvalue weighted by atomic mass is 16.1. The van der Waals surface area contributed by atoms with Gasteiger partial charge in [0.1, 0.15) is 0 Å². The third-order valence-electron chi connectivity index (χ3n) is 2.29. The zero-order valence-electron chi connectivity index (χ0n) is 7.05. The van der Waals surface area contributed by atoms with Gasteiger partial charge in [-0.3, -0.25) is 4.79 Å². The standard InChI is InChI=1S/C8H16N2O/c1-9-6-8-2-4-10(7-11)5-3-8/h7-9H,2-6H2,1H3. The average molecular weight is 156 g/mol. The van der Waals surface area contributed by atoms with E-state index in [0.717, 1.165) is 44.8 Å².